The summed E-state index contributed by atoms with van der Waals surface area (Å²) in [6.45, 7) is 2.72. The van der Waals surface area contributed by atoms with Gasteiger partial charge in [-0.1, -0.05) is 35.9 Å². The molecule has 0 amide bonds. The summed E-state index contributed by atoms with van der Waals surface area (Å²) in [5.41, 5.74) is 2.95. The largest absolute Gasteiger partial charge is 0.496 e. The van der Waals surface area contributed by atoms with Crippen LogP contribution in [-0.2, 0) is 13.2 Å². The molecule has 2 N–H and O–H groups in total. The summed E-state index contributed by atoms with van der Waals surface area (Å²) in [6, 6.07) is 11.5. The summed E-state index contributed by atoms with van der Waals surface area (Å²) < 4.78 is 10.7. The van der Waals surface area contributed by atoms with E-state index in [0.717, 1.165) is 22.4 Å². The van der Waals surface area contributed by atoms with Gasteiger partial charge in [0.1, 0.15) is 11.5 Å². The number of nitrogens with one attached hydrogen (secondary N) is 1. The van der Waals surface area contributed by atoms with Gasteiger partial charge in [-0.3, -0.25) is 0 Å². The van der Waals surface area contributed by atoms with Crippen molar-refractivity contribution in [3.05, 3.63) is 58.1 Å². The highest BCUT2D eigenvalue weighted by molar-refractivity contribution is 6.32. The van der Waals surface area contributed by atoms with E-state index in [1.807, 2.05) is 37.3 Å². The lowest BCUT2D eigenvalue weighted by atomic mass is 10.0. The molecule has 1 unspecified atom stereocenters. The number of aliphatic hydroxyl groups excluding tert-OH is 1. The number of methoxy groups -OCH3 is 2. The summed E-state index contributed by atoms with van der Waals surface area (Å²) in [4.78, 5) is 0. The van der Waals surface area contributed by atoms with E-state index in [-0.39, 0.29) is 12.6 Å². The number of rotatable bonds is 7. The molecule has 0 fully saturated rings. The molecular weight excluding hydrogens is 314 g/mol. The van der Waals surface area contributed by atoms with Crippen LogP contribution in [0.4, 0.5) is 0 Å². The molecule has 2 rings (SSSR count). The van der Waals surface area contributed by atoms with Crippen LogP contribution in [0.3, 0.4) is 0 Å². The Hall–Kier alpha value is -1.75. The van der Waals surface area contributed by atoms with Gasteiger partial charge in [0.25, 0.3) is 0 Å². The Morgan fingerprint density at radius 1 is 1.09 bits per heavy atom. The predicted octanol–water partition coefficient (Wildman–Crippen LogP) is 3.70. The first-order chi connectivity index (χ1) is 11.1. The summed E-state index contributed by atoms with van der Waals surface area (Å²) in [7, 11) is 3.20. The van der Waals surface area contributed by atoms with Gasteiger partial charge in [0.05, 0.1) is 25.8 Å². The van der Waals surface area contributed by atoms with Crippen LogP contribution in [0, 0.1) is 0 Å². The van der Waals surface area contributed by atoms with Crippen LogP contribution >= 0.6 is 11.6 Å². The Bertz CT molecular complexity index is 661. The van der Waals surface area contributed by atoms with Crippen molar-refractivity contribution in [1.82, 2.24) is 5.32 Å². The second-order valence-corrected chi connectivity index (χ2v) is 5.67. The van der Waals surface area contributed by atoms with Crippen molar-refractivity contribution >= 4 is 11.6 Å². The molecule has 4 nitrogen and oxygen atoms in total. The fourth-order valence-corrected chi connectivity index (χ4v) is 2.73. The van der Waals surface area contributed by atoms with Crippen molar-refractivity contribution < 1.29 is 14.6 Å². The number of aliphatic hydroxyl groups is 1. The van der Waals surface area contributed by atoms with Gasteiger partial charge < -0.3 is 19.9 Å². The van der Waals surface area contributed by atoms with Crippen molar-refractivity contribution in [3.8, 4) is 11.5 Å². The first-order valence-corrected chi connectivity index (χ1v) is 7.81. The maximum atomic E-state index is 9.40. The molecule has 2 aromatic rings. The van der Waals surface area contributed by atoms with Crippen LogP contribution in [0.5, 0.6) is 11.5 Å². The highest BCUT2D eigenvalue weighted by Gasteiger charge is 2.15. The van der Waals surface area contributed by atoms with E-state index in [2.05, 4.69) is 5.32 Å². The molecule has 0 bridgehead atoms. The molecule has 1 atom stereocenters. The molecule has 0 aliphatic carbocycles. The van der Waals surface area contributed by atoms with Gasteiger partial charge >= 0.3 is 0 Å². The molecule has 2 aromatic carbocycles. The predicted molar refractivity (Wildman–Crippen MR) is 92.2 cm³/mol. The number of hydrogen-bond acceptors (Lipinski definition) is 4. The Balaban J connectivity index is 2.17. The van der Waals surface area contributed by atoms with Crippen LogP contribution < -0.4 is 14.8 Å². The van der Waals surface area contributed by atoms with E-state index in [1.165, 1.54) is 0 Å². The monoisotopic (exact) mass is 335 g/mol. The minimum absolute atomic E-state index is 0.0279. The summed E-state index contributed by atoms with van der Waals surface area (Å²) in [5, 5.41) is 13.4. The Morgan fingerprint density at radius 2 is 1.74 bits per heavy atom. The Morgan fingerprint density at radius 3 is 2.35 bits per heavy atom. The van der Waals surface area contributed by atoms with E-state index >= 15 is 0 Å². The molecule has 0 saturated heterocycles. The third-order valence-electron chi connectivity index (χ3n) is 3.86. The standard InChI is InChI=1S/C18H22ClNO3/c1-12(20-10-13-6-4-5-7-14(13)11-21)15-8-16(19)18(23-3)9-17(15)22-2/h4-9,12,20-21H,10-11H2,1-3H3. The van der Waals surface area contributed by atoms with Gasteiger partial charge in [-0.05, 0) is 24.1 Å². The molecule has 0 spiro atoms. The van der Waals surface area contributed by atoms with Gasteiger partial charge in [-0.2, -0.15) is 0 Å². The topological polar surface area (TPSA) is 50.7 Å². The van der Waals surface area contributed by atoms with E-state index in [9.17, 15) is 5.11 Å². The highest BCUT2D eigenvalue weighted by Crippen LogP contribution is 2.35. The molecule has 0 heterocycles. The van der Waals surface area contributed by atoms with Crippen molar-refractivity contribution in [1.29, 1.82) is 0 Å². The van der Waals surface area contributed by atoms with E-state index in [1.54, 1.807) is 20.3 Å². The highest BCUT2D eigenvalue weighted by atomic mass is 35.5. The smallest absolute Gasteiger partial charge is 0.141 e. The molecular formula is C18H22ClNO3. The normalized spacial score (nSPS) is 12.0. The third-order valence-corrected chi connectivity index (χ3v) is 4.15. The Kier molecular flexibility index (Phi) is 6.28. The summed E-state index contributed by atoms with van der Waals surface area (Å²) >= 11 is 6.23. The number of ether oxygens (including phenoxy) is 2. The van der Waals surface area contributed by atoms with Crippen molar-refractivity contribution in [2.45, 2.75) is 26.1 Å². The average molecular weight is 336 g/mol. The van der Waals surface area contributed by atoms with Gasteiger partial charge in [0.2, 0.25) is 0 Å². The summed E-state index contributed by atoms with van der Waals surface area (Å²) in [5.74, 6) is 1.31. The maximum Gasteiger partial charge on any atom is 0.141 e. The quantitative estimate of drug-likeness (QED) is 0.810. The van der Waals surface area contributed by atoms with E-state index in [4.69, 9.17) is 21.1 Å². The number of halogens is 1. The lowest BCUT2D eigenvalue weighted by Gasteiger charge is -2.19. The first kappa shape index (κ1) is 17.6. The number of benzene rings is 2. The van der Waals surface area contributed by atoms with Gasteiger partial charge in [0, 0.05) is 24.2 Å². The molecule has 0 aromatic heterocycles. The minimum Gasteiger partial charge on any atom is -0.496 e. The van der Waals surface area contributed by atoms with Gasteiger partial charge in [-0.25, -0.2) is 0 Å². The first-order valence-electron chi connectivity index (χ1n) is 7.43. The molecule has 124 valence electrons. The van der Waals surface area contributed by atoms with Gasteiger partial charge in [-0.15, -0.1) is 0 Å². The Labute approximate surface area is 142 Å². The molecule has 0 aliphatic heterocycles. The average Bonchev–Trinajstić information content (AvgIpc) is 2.59. The zero-order chi connectivity index (χ0) is 16.8. The van der Waals surface area contributed by atoms with Crippen molar-refractivity contribution in [2.75, 3.05) is 14.2 Å². The minimum atomic E-state index is 0.0279. The van der Waals surface area contributed by atoms with Crippen LogP contribution in [0.15, 0.2) is 36.4 Å². The van der Waals surface area contributed by atoms with Crippen LogP contribution in [0.1, 0.15) is 29.7 Å². The molecule has 23 heavy (non-hydrogen) atoms. The molecule has 0 aliphatic rings. The zero-order valence-corrected chi connectivity index (χ0v) is 14.4. The molecule has 0 radical (unpaired) electrons. The SMILES string of the molecule is COc1cc(OC)c(C(C)NCc2ccccc2CO)cc1Cl. The zero-order valence-electron chi connectivity index (χ0n) is 13.6. The van der Waals surface area contributed by atoms with Crippen LogP contribution in [0.25, 0.3) is 0 Å². The maximum absolute atomic E-state index is 9.40. The second-order valence-electron chi connectivity index (χ2n) is 5.26. The van der Waals surface area contributed by atoms with Crippen LogP contribution in [-0.4, -0.2) is 19.3 Å². The lowest BCUT2D eigenvalue weighted by Crippen LogP contribution is -2.19. The molecule has 5 heteroatoms. The van der Waals surface area contributed by atoms with Gasteiger partial charge in [0.15, 0.2) is 0 Å². The summed E-state index contributed by atoms with van der Waals surface area (Å²) in [6.07, 6.45) is 0. The third kappa shape index (κ3) is 4.16. The van der Waals surface area contributed by atoms with Crippen molar-refractivity contribution in [2.24, 2.45) is 0 Å². The van der Waals surface area contributed by atoms with E-state index < -0.39 is 0 Å². The van der Waals surface area contributed by atoms with Crippen molar-refractivity contribution in [3.63, 3.8) is 0 Å². The lowest BCUT2D eigenvalue weighted by molar-refractivity contribution is 0.280. The fourth-order valence-electron chi connectivity index (χ4n) is 2.48. The van der Waals surface area contributed by atoms with Crippen LogP contribution in [0.2, 0.25) is 5.02 Å². The van der Waals surface area contributed by atoms with E-state index in [0.29, 0.717) is 17.3 Å². The molecule has 0 saturated carbocycles. The second kappa shape index (κ2) is 8.20. The fraction of sp³-hybridized carbons (Fsp3) is 0.333. The number of hydrogen-bond donors (Lipinski definition) is 2.